The van der Waals surface area contributed by atoms with Crippen LogP contribution in [0.15, 0.2) is 28.7 Å². The normalized spacial score (nSPS) is 14.0. The van der Waals surface area contributed by atoms with E-state index in [2.05, 4.69) is 43.8 Å². The van der Waals surface area contributed by atoms with Crippen molar-refractivity contribution in [2.45, 2.75) is 20.4 Å². The zero-order valence-electron chi connectivity index (χ0n) is 13.8. The molecular formula is C17H22BrClN4O. The van der Waals surface area contributed by atoms with Gasteiger partial charge in [-0.05, 0) is 31.5 Å². The van der Waals surface area contributed by atoms with Crippen molar-refractivity contribution in [3.05, 3.63) is 51.3 Å². The Morgan fingerprint density at radius 1 is 1.42 bits per heavy atom. The van der Waals surface area contributed by atoms with Gasteiger partial charge >= 0.3 is 0 Å². The van der Waals surface area contributed by atoms with Crippen LogP contribution in [0.4, 0.5) is 0 Å². The van der Waals surface area contributed by atoms with Crippen LogP contribution >= 0.6 is 28.3 Å². The Morgan fingerprint density at radius 3 is 2.79 bits per heavy atom. The Kier molecular flexibility index (Phi) is 6.43. The van der Waals surface area contributed by atoms with Gasteiger partial charge < -0.3 is 10.6 Å². The molecule has 2 heterocycles. The minimum absolute atomic E-state index is 0. The Bertz CT molecular complexity index is 727. The number of rotatable bonds is 5. The molecule has 1 aromatic carbocycles. The largest absolute Gasteiger partial charge is 0.352 e. The molecule has 0 aliphatic carbocycles. The SMILES string of the molecule is Cc1nn(Cc2cccc(Br)c2)c(C)c1C(=O)NCC1CNC1.Cl. The highest BCUT2D eigenvalue weighted by molar-refractivity contribution is 9.10. The topological polar surface area (TPSA) is 59.0 Å². The second-order valence-corrected chi connectivity index (χ2v) is 6.98. The van der Waals surface area contributed by atoms with Gasteiger partial charge in [0.25, 0.3) is 5.91 Å². The van der Waals surface area contributed by atoms with Gasteiger partial charge in [0, 0.05) is 35.7 Å². The van der Waals surface area contributed by atoms with Crippen LogP contribution in [0.1, 0.15) is 27.3 Å². The number of carbonyl (C=O) groups excluding carboxylic acids is 1. The predicted molar refractivity (Wildman–Crippen MR) is 101 cm³/mol. The molecule has 1 aliphatic rings. The van der Waals surface area contributed by atoms with Crippen molar-refractivity contribution in [3.8, 4) is 0 Å². The molecule has 1 saturated heterocycles. The Hall–Kier alpha value is -1.37. The average molecular weight is 414 g/mol. The number of amides is 1. The smallest absolute Gasteiger partial charge is 0.255 e. The van der Waals surface area contributed by atoms with Gasteiger partial charge in [-0.15, -0.1) is 12.4 Å². The van der Waals surface area contributed by atoms with Crippen LogP contribution in [0.3, 0.4) is 0 Å². The molecule has 0 bridgehead atoms. The number of carbonyl (C=O) groups is 1. The summed E-state index contributed by atoms with van der Waals surface area (Å²) in [5.41, 5.74) is 3.54. The van der Waals surface area contributed by atoms with E-state index in [4.69, 9.17) is 0 Å². The maximum Gasteiger partial charge on any atom is 0.255 e. The van der Waals surface area contributed by atoms with Gasteiger partial charge in [-0.25, -0.2) is 0 Å². The quantitative estimate of drug-likeness (QED) is 0.792. The molecule has 5 nitrogen and oxygen atoms in total. The molecule has 0 unspecified atom stereocenters. The lowest BCUT2D eigenvalue weighted by Gasteiger charge is -2.27. The Morgan fingerprint density at radius 2 is 2.17 bits per heavy atom. The van der Waals surface area contributed by atoms with Crippen molar-refractivity contribution < 1.29 is 4.79 Å². The lowest BCUT2D eigenvalue weighted by atomic mass is 10.0. The number of hydrogen-bond donors (Lipinski definition) is 2. The molecular weight excluding hydrogens is 392 g/mol. The highest BCUT2D eigenvalue weighted by Crippen LogP contribution is 2.17. The number of aryl methyl sites for hydroxylation is 1. The minimum atomic E-state index is -0.0209. The van der Waals surface area contributed by atoms with Crippen molar-refractivity contribution in [2.75, 3.05) is 19.6 Å². The van der Waals surface area contributed by atoms with Gasteiger partial charge in [0.2, 0.25) is 0 Å². The third-order valence-corrected chi connectivity index (χ3v) is 4.74. The average Bonchev–Trinajstić information content (AvgIpc) is 2.71. The molecule has 1 amide bonds. The summed E-state index contributed by atoms with van der Waals surface area (Å²) in [7, 11) is 0. The molecule has 2 N–H and O–H groups in total. The van der Waals surface area contributed by atoms with Gasteiger partial charge in [-0.3, -0.25) is 9.48 Å². The molecule has 1 fully saturated rings. The van der Waals surface area contributed by atoms with Crippen molar-refractivity contribution in [1.82, 2.24) is 20.4 Å². The zero-order chi connectivity index (χ0) is 16.4. The van der Waals surface area contributed by atoms with Gasteiger partial charge in [0.15, 0.2) is 0 Å². The molecule has 3 rings (SSSR count). The molecule has 0 atom stereocenters. The molecule has 1 aliphatic heterocycles. The first-order valence-corrected chi connectivity index (χ1v) is 8.61. The van der Waals surface area contributed by atoms with Crippen LogP contribution < -0.4 is 10.6 Å². The molecule has 130 valence electrons. The lowest BCUT2D eigenvalue weighted by molar-refractivity contribution is 0.0941. The first kappa shape index (κ1) is 19.0. The van der Waals surface area contributed by atoms with E-state index in [1.54, 1.807) is 0 Å². The summed E-state index contributed by atoms with van der Waals surface area (Å²) < 4.78 is 2.94. The summed E-state index contributed by atoms with van der Waals surface area (Å²) in [6.07, 6.45) is 0. The monoisotopic (exact) mass is 412 g/mol. The summed E-state index contributed by atoms with van der Waals surface area (Å²) in [6.45, 7) is 7.20. The summed E-state index contributed by atoms with van der Waals surface area (Å²) >= 11 is 3.48. The van der Waals surface area contributed by atoms with E-state index >= 15 is 0 Å². The number of halogens is 2. The van der Waals surface area contributed by atoms with Crippen LogP contribution in [-0.2, 0) is 6.54 Å². The number of hydrogen-bond acceptors (Lipinski definition) is 3. The van der Waals surface area contributed by atoms with Crippen molar-refractivity contribution >= 4 is 34.2 Å². The predicted octanol–water partition coefficient (Wildman–Crippen LogP) is 2.68. The summed E-state index contributed by atoms with van der Waals surface area (Å²) in [5, 5.41) is 10.8. The number of aromatic nitrogens is 2. The van der Waals surface area contributed by atoms with Crippen LogP contribution in [0.2, 0.25) is 0 Å². The van der Waals surface area contributed by atoms with Crippen LogP contribution in [0.5, 0.6) is 0 Å². The van der Waals surface area contributed by atoms with Crippen LogP contribution in [0.25, 0.3) is 0 Å². The van der Waals surface area contributed by atoms with Gasteiger partial charge in [0.05, 0.1) is 17.8 Å². The number of benzene rings is 1. The van der Waals surface area contributed by atoms with Gasteiger partial charge in [-0.2, -0.15) is 5.10 Å². The number of nitrogens with zero attached hydrogens (tertiary/aromatic N) is 2. The first-order chi connectivity index (χ1) is 11.0. The lowest BCUT2D eigenvalue weighted by Crippen LogP contribution is -2.48. The Labute approximate surface area is 156 Å². The van der Waals surface area contributed by atoms with E-state index < -0.39 is 0 Å². The third kappa shape index (κ3) is 4.18. The van der Waals surface area contributed by atoms with Gasteiger partial charge in [-0.1, -0.05) is 28.1 Å². The summed E-state index contributed by atoms with van der Waals surface area (Å²) in [4.78, 5) is 12.5. The zero-order valence-corrected chi connectivity index (χ0v) is 16.2. The van der Waals surface area contributed by atoms with Crippen LogP contribution in [-0.4, -0.2) is 35.3 Å². The van der Waals surface area contributed by atoms with E-state index in [9.17, 15) is 4.79 Å². The van der Waals surface area contributed by atoms with E-state index in [-0.39, 0.29) is 18.3 Å². The molecule has 1 aromatic heterocycles. The standard InChI is InChI=1S/C17H21BrN4O.ClH/c1-11-16(17(23)20-9-14-7-19-8-14)12(2)22(21-11)10-13-4-3-5-15(18)6-13;/h3-6,14,19H,7-10H2,1-2H3,(H,20,23);1H. The summed E-state index contributed by atoms with van der Waals surface area (Å²) in [5.74, 6) is 0.531. The maximum absolute atomic E-state index is 12.5. The molecule has 2 aromatic rings. The van der Waals surface area contributed by atoms with E-state index in [1.165, 1.54) is 0 Å². The van der Waals surface area contributed by atoms with Crippen molar-refractivity contribution in [2.24, 2.45) is 5.92 Å². The van der Waals surface area contributed by atoms with E-state index in [1.807, 2.05) is 30.7 Å². The Balaban J connectivity index is 0.00000208. The molecule has 24 heavy (non-hydrogen) atoms. The van der Waals surface area contributed by atoms with Gasteiger partial charge in [0.1, 0.15) is 0 Å². The van der Waals surface area contributed by atoms with Crippen molar-refractivity contribution in [1.29, 1.82) is 0 Å². The molecule has 0 saturated carbocycles. The third-order valence-electron chi connectivity index (χ3n) is 4.25. The molecule has 0 radical (unpaired) electrons. The fourth-order valence-corrected chi connectivity index (χ4v) is 3.25. The van der Waals surface area contributed by atoms with Crippen molar-refractivity contribution in [3.63, 3.8) is 0 Å². The molecule has 7 heteroatoms. The van der Waals surface area contributed by atoms with Crippen LogP contribution in [0, 0.1) is 19.8 Å². The fourth-order valence-electron chi connectivity index (χ4n) is 2.81. The first-order valence-electron chi connectivity index (χ1n) is 7.82. The van der Waals surface area contributed by atoms with E-state index in [0.29, 0.717) is 18.0 Å². The fraction of sp³-hybridized carbons (Fsp3) is 0.412. The summed E-state index contributed by atoms with van der Waals surface area (Å²) in [6, 6.07) is 8.13. The number of nitrogens with one attached hydrogen (secondary N) is 2. The highest BCUT2D eigenvalue weighted by Gasteiger charge is 2.21. The second-order valence-electron chi connectivity index (χ2n) is 6.07. The van der Waals surface area contributed by atoms with E-state index in [0.717, 1.165) is 41.1 Å². The maximum atomic E-state index is 12.5. The second kappa shape index (κ2) is 8.14. The highest BCUT2D eigenvalue weighted by atomic mass is 79.9. The molecule has 0 spiro atoms. The minimum Gasteiger partial charge on any atom is -0.352 e.